The zero-order valence-corrected chi connectivity index (χ0v) is 12.3. The van der Waals surface area contributed by atoms with E-state index in [2.05, 4.69) is 21.2 Å². The van der Waals surface area contributed by atoms with Gasteiger partial charge in [0.2, 0.25) is 5.91 Å². The second-order valence-electron chi connectivity index (χ2n) is 3.82. The maximum absolute atomic E-state index is 11.8. The van der Waals surface area contributed by atoms with Crippen molar-refractivity contribution >= 4 is 45.2 Å². The molecule has 4 heteroatoms. The molecule has 1 N–H and O–H groups in total. The number of anilines is 1. The third kappa shape index (κ3) is 3.94. The van der Waals surface area contributed by atoms with Crippen molar-refractivity contribution in [1.82, 2.24) is 0 Å². The number of benzene rings is 2. The molecule has 0 heterocycles. The summed E-state index contributed by atoms with van der Waals surface area (Å²) >= 11 is 9.38. The van der Waals surface area contributed by atoms with Gasteiger partial charge in [-0.1, -0.05) is 41.9 Å². The van der Waals surface area contributed by atoms with Gasteiger partial charge in [0, 0.05) is 15.6 Å². The predicted octanol–water partition coefficient (Wildman–Crippen LogP) is 4.75. The molecule has 0 aliphatic rings. The monoisotopic (exact) mass is 335 g/mol. The van der Waals surface area contributed by atoms with Gasteiger partial charge >= 0.3 is 0 Å². The molecule has 2 nitrogen and oxygen atoms in total. The lowest BCUT2D eigenvalue weighted by molar-refractivity contribution is -0.111. The minimum Gasteiger partial charge on any atom is -0.321 e. The van der Waals surface area contributed by atoms with Gasteiger partial charge in [0.1, 0.15) is 0 Å². The summed E-state index contributed by atoms with van der Waals surface area (Å²) in [6, 6.07) is 14.8. The molecule has 0 saturated heterocycles. The SMILES string of the molecule is O=C(/C=C/c1ccccc1Cl)Nc1ccccc1Br. The standard InChI is InChI=1S/C15H11BrClNO/c16-12-6-2-4-8-14(12)18-15(19)10-9-11-5-1-3-7-13(11)17/h1-10H,(H,18,19)/b10-9+. The molecule has 0 spiro atoms. The third-order valence-corrected chi connectivity index (χ3v) is 3.49. The number of amides is 1. The number of para-hydroxylation sites is 1. The van der Waals surface area contributed by atoms with Crippen LogP contribution in [0.1, 0.15) is 5.56 Å². The molecule has 19 heavy (non-hydrogen) atoms. The smallest absolute Gasteiger partial charge is 0.248 e. The molecule has 0 aromatic heterocycles. The van der Waals surface area contributed by atoms with Crippen molar-refractivity contribution in [3.63, 3.8) is 0 Å². The number of rotatable bonds is 3. The Morgan fingerprint density at radius 2 is 1.79 bits per heavy atom. The topological polar surface area (TPSA) is 29.1 Å². The lowest BCUT2D eigenvalue weighted by atomic mass is 10.2. The van der Waals surface area contributed by atoms with Crippen molar-refractivity contribution in [2.75, 3.05) is 5.32 Å². The molecule has 2 aromatic rings. The minimum absolute atomic E-state index is 0.202. The van der Waals surface area contributed by atoms with Crippen LogP contribution in [0, 0.1) is 0 Å². The molecule has 2 aromatic carbocycles. The van der Waals surface area contributed by atoms with Crippen LogP contribution >= 0.6 is 27.5 Å². The molecular weight excluding hydrogens is 326 g/mol. The van der Waals surface area contributed by atoms with Crippen LogP contribution in [0.2, 0.25) is 5.02 Å². The summed E-state index contributed by atoms with van der Waals surface area (Å²) in [7, 11) is 0. The summed E-state index contributed by atoms with van der Waals surface area (Å²) < 4.78 is 0.842. The molecule has 2 rings (SSSR count). The molecule has 0 radical (unpaired) electrons. The van der Waals surface area contributed by atoms with E-state index >= 15 is 0 Å². The van der Waals surface area contributed by atoms with Crippen molar-refractivity contribution < 1.29 is 4.79 Å². The van der Waals surface area contributed by atoms with Crippen LogP contribution in [0.25, 0.3) is 6.08 Å². The number of carbonyl (C=O) groups excluding carboxylic acids is 1. The Morgan fingerprint density at radius 3 is 2.53 bits per heavy atom. The molecular formula is C15H11BrClNO. The Kier molecular flexibility index (Phi) is 4.77. The first kappa shape index (κ1) is 13.8. The van der Waals surface area contributed by atoms with Crippen LogP contribution in [0.3, 0.4) is 0 Å². The van der Waals surface area contributed by atoms with E-state index in [-0.39, 0.29) is 5.91 Å². The second kappa shape index (κ2) is 6.55. The van der Waals surface area contributed by atoms with E-state index in [1.54, 1.807) is 12.1 Å². The molecule has 1 amide bonds. The molecule has 0 saturated carbocycles. The zero-order valence-electron chi connectivity index (χ0n) is 9.94. The van der Waals surface area contributed by atoms with Crippen molar-refractivity contribution in [2.24, 2.45) is 0 Å². The maximum atomic E-state index is 11.8. The highest BCUT2D eigenvalue weighted by atomic mass is 79.9. The Balaban J connectivity index is 2.06. The molecule has 0 bridgehead atoms. The summed E-state index contributed by atoms with van der Waals surface area (Å²) in [4.78, 5) is 11.8. The lowest BCUT2D eigenvalue weighted by Crippen LogP contribution is -2.08. The van der Waals surface area contributed by atoms with Gasteiger partial charge in [-0.2, -0.15) is 0 Å². The third-order valence-electron chi connectivity index (χ3n) is 2.45. The van der Waals surface area contributed by atoms with E-state index in [0.717, 1.165) is 15.7 Å². The van der Waals surface area contributed by atoms with Gasteiger partial charge in [0.05, 0.1) is 5.69 Å². The highest BCUT2D eigenvalue weighted by molar-refractivity contribution is 9.10. The molecule has 0 atom stereocenters. The fraction of sp³-hybridized carbons (Fsp3) is 0. The van der Waals surface area contributed by atoms with E-state index < -0.39 is 0 Å². The highest BCUT2D eigenvalue weighted by Gasteiger charge is 2.01. The normalized spacial score (nSPS) is 10.6. The molecule has 0 fully saturated rings. The molecule has 96 valence electrons. The summed E-state index contributed by atoms with van der Waals surface area (Å²) in [6.07, 6.45) is 3.15. The predicted molar refractivity (Wildman–Crippen MR) is 83.3 cm³/mol. The Morgan fingerprint density at radius 1 is 1.11 bits per heavy atom. The molecule has 0 unspecified atom stereocenters. The minimum atomic E-state index is -0.202. The van der Waals surface area contributed by atoms with Gasteiger partial charge in [0.25, 0.3) is 0 Å². The average Bonchev–Trinajstić information content (AvgIpc) is 2.40. The average molecular weight is 337 g/mol. The summed E-state index contributed by atoms with van der Waals surface area (Å²) in [5.74, 6) is -0.202. The zero-order chi connectivity index (χ0) is 13.7. The van der Waals surface area contributed by atoms with Crippen molar-refractivity contribution in [3.05, 3.63) is 69.7 Å². The van der Waals surface area contributed by atoms with Crippen LogP contribution in [-0.4, -0.2) is 5.91 Å². The summed E-state index contributed by atoms with van der Waals surface area (Å²) in [5.41, 5.74) is 1.54. The second-order valence-corrected chi connectivity index (χ2v) is 5.09. The fourth-order valence-corrected chi connectivity index (χ4v) is 2.10. The number of hydrogen-bond donors (Lipinski definition) is 1. The van der Waals surface area contributed by atoms with Crippen LogP contribution in [0.15, 0.2) is 59.1 Å². The maximum Gasteiger partial charge on any atom is 0.248 e. The van der Waals surface area contributed by atoms with Crippen LogP contribution < -0.4 is 5.32 Å². The first-order valence-corrected chi connectivity index (χ1v) is 6.82. The highest BCUT2D eigenvalue weighted by Crippen LogP contribution is 2.21. The number of halogens is 2. The first-order chi connectivity index (χ1) is 9.16. The molecule has 0 aliphatic heterocycles. The number of carbonyl (C=O) groups is 1. The summed E-state index contributed by atoms with van der Waals surface area (Å²) in [6.45, 7) is 0. The van der Waals surface area contributed by atoms with Gasteiger partial charge < -0.3 is 5.32 Å². The largest absolute Gasteiger partial charge is 0.321 e. The van der Waals surface area contributed by atoms with Crippen LogP contribution in [0.5, 0.6) is 0 Å². The van der Waals surface area contributed by atoms with Crippen LogP contribution in [0.4, 0.5) is 5.69 Å². The molecule has 0 aliphatic carbocycles. The Labute approximate surface area is 125 Å². The van der Waals surface area contributed by atoms with Gasteiger partial charge in [-0.25, -0.2) is 0 Å². The van der Waals surface area contributed by atoms with Gasteiger partial charge in [0.15, 0.2) is 0 Å². The van der Waals surface area contributed by atoms with E-state index in [0.29, 0.717) is 5.02 Å². The van der Waals surface area contributed by atoms with Gasteiger partial charge in [-0.05, 0) is 45.8 Å². The van der Waals surface area contributed by atoms with Gasteiger partial charge in [-0.3, -0.25) is 4.79 Å². The van der Waals surface area contributed by atoms with Crippen molar-refractivity contribution in [2.45, 2.75) is 0 Å². The summed E-state index contributed by atoms with van der Waals surface area (Å²) in [5, 5.41) is 3.40. The first-order valence-electron chi connectivity index (χ1n) is 5.65. The quantitative estimate of drug-likeness (QED) is 0.805. The van der Waals surface area contributed by atoms with Crippen molar-refractivity contribution in [1.29, 1.82) is 0 Å². The fourth-order valence-electron chi connectivity index (χ4n) is 1.51. The van der Waals surface area contributed by atoms with E-state index in [9.17, 15) is 4.79 Å². The lowest BCUT2D eigenvalue weighted by Gasteiger charge is -2.04. The number of nitrogens with one attached hydrogen (secondary N) is 1. The number of hydrogen-bond acceptors (Lipinski definition) is 1. The van der Waals surface area contributed by atoms with E-state index in [1.165, 1.54) is 6.08 Å². The Bertz CT molecular complexity index is 625. The van der Waals surface area contributed by atoms with Crippen molar-refractivity contribution in [3.8, 4) is 0 Å². The van der Waals surface area contributed by atoms with Crippen LogP contribution in [-0.2, 0) is 4.79 Å². The van der Waals surface area contributed by atoms with Gasteiger partial charge in [-0.15, -0.1) is 0 Å². The Hall–Kier alpha value is -1.58. The van der Waals surface area contributed by atoms with E-state index in [1.807, 2.05) is 42.5 Å². The van der Waals surface area contributed by atoms with E-state index in [4.69, 9.17) is 11.6 Å².